The zero-order valence-electron chi connectivity index (χ0n) is 16.3. The zero-order chi connectivity index (χ0) is 21.9. The fourth-order valence-electron chi connectivity index (χ4n) is 3.57. The summed E-state index contributed by atoms with van der Waals surface area (Å²) in [6, 6.07) is 6.73. The summed E-state index contributed by atoms with van der Waals surface area (Å²) in [5, 5.41) is 17.8. The lowest BCUT2D eigenvalue weighted by Gasteiger charge is -2.33. The number of hydrogen-bond donors (Lipinski definition) is 3. The van der Waals surface area contributed by atoms with Gasteiger partial charge in [0, 0.05) is 10.9 Å². The standard InChI is InChI=1S/C19H24BrNO8S/c1-2-27-18(24)12-9-19(28-15(10-22)16(11-23)29-19)8-7-17(12)30(25,26)21-14-6-4-3-5-13(14)20/h3-6,9,15-17,21-23H,2,7-8,10-11H2,1H3. The van der Waals surface area contributed by atoms with Gasteiger partial charge in [-0.25, -0.2) is 13.2 Å². The quantitative estimate of drug-likeness (QED) is 0.472. The van der Waals surface area contributed by atoms with E-state index in [1.54, 1.807) is 31.2 Å². The Kier molecular flexibility index (Phi) is 7.20. The molecule has 0 amide bonds. The number of ether oxygens (including phenoxy) is 3. The van der Waals surface area contributed by atoms with E-state index in [4.69, 9.17) is 14.2 Å². The lowest BCUT2D eigenvalue weighted by Crippen LogP contribution is -2.42. The van der Waals surface area contributed by atoms with Gasteiger partial charge in [0.25, 0.3) is 0 Å². The number of benzene rings is 1. The Balaban J connectivity index is 1.95. The van der Waals surface area contributed by atoms with Crippen LogP contribution < -0.4 is 4.72 Å². The molecule has 0 saturated carbocycles. The molecular weight excluding hydrogens is 482 g/mol. The number of carbonyl (C=O) groups is 1. The van der Waals surface area contributed by atoms with Crippen LogP contribution in [-0.4, -0.2) is 67.7 Å². The Bertz CT molecular complexity index is 907. The van der Waals surface area contributed by atoms with Crippen molar-refractivity contribution in [2.45, 2.75) is 43.0 Å². The third-order valence-corrected chi connectivity index (χ3v) is 7.40. The highest BCUT2D eigenvalue weighted by Gasteiger charge is 2.51. The summed E-state index contributed by atoms with van der Waals surface area (Å²) < 4.78 is 45.9. The van der Waals surface area contributed by atoms with E-state index in [0.29, 0.717) is 10.2 Å². The maximum Gasteiger partial charge on any atom is 0.335 e. The summed E-state index contributed by atoms with van der Waals surface area (Å²) in [4.78, 5) is 12.6. The van der Waals surface area contributed by atoms with E-state index in [1.807, 2.05) is 0 Å². The van der Waals surface area contributed by atoms with E-state index >= 15 is 0 Å². The van der Waals surface area contributed by atoms with Crippen molar-refractivity contribution < 1.29 is 37.6 Å². The minimum atomic E-state index is -4.01. The van der Waals surface area contributed by atoms with E-state index in [-0.39, 0.29) is 38.2 Å². The molecule has 3 N–H and O–H groups in total. The monoisotopic (exact) mass is 505 g/mol. The highest BCUT2D eigenvalue weighted by atomic mass is 79.9. The van der Waals surface area contributed by atoms with Gasteiger partial charge in [-0.3, -0.25) is 4.72 Å². The second-order valence-electron chi connectivity index (χ2n) is 6.96. The van der Waals surface area contributed by atoms with Gasteiger partial charge in [0.2, 0.25) is 10.0 Å². The molecule has 1 aromatic carbocycles. The number of aliphatic hydroxyl groups excluding tert-OH is 2. The van der Waals surface area contributed by atoms with Gasteiger partial charge in [-0.05, 0) is 47.5 Å². The predicted molar refractivity (Wildman–Crippen MR) is 111 cm³/mol. The van der Waals surface area contributed by atoms with Crippen molar-refractivity contribution in [2.24, 2.45) is 0 Å². The fraction of sp³-hybridized carbons (Fsp3) is 0.526. The number of anilines is 1. The van der Waals surface area contributed by atoms with Crippen LogP contribution in [0, 0.1) is 0 Å². The minimum absolute atomic E-state index is 0.0146. The zero-order valence-corrected chi connectivity index (χ0v) is 18.7. The summed E-state index contributed by atoms with van der Waals surface area (Å²) in [6.45, 7) is 0.904. The van der Waals surface area contributed by atoms with Gasteiger partial charge < -0.3 is 24.4 Å². The van der Waals surface area contributed by atoms with Crippen LogP contribution in [0.1, 0.15) is 19.8 Å². The Morgan fingerprint density at radius 1 is 1.27 bits per heavy atom. The molecule has 1 aromatic rings. The van der Waals surface area contributed by atoms with E-state index in [2.05, 4.69) is 20.7 Å². The highest BCUT2D eigenvalue weighted by molar-refractivity contribution is 9.10. The maximum atomic E-state index is 13.1. The first-order valence-electron chi connectivity index (χ1n) is 9.48. The minimum Gasteiger partial charge on any atom is -0.463 e. The predicted octanol–water partition coefficient (Wildman–Crippen LogP) is 1.31. The average Bonchev–Trinajstić information content (AvgIpc) is 3.06. The molecule has 3 rings (SSSR count). The van der Waals surface area contributed by atoms with Crippen molar-refractivity contribution in [3.8, 4) is 0 Å². The molecule has 3 atom stereocenters. The number of halogens is 1. The third kappa shape index (κ3) is 4.71. The molecule has 1 aliphatic heterocycles. The van der Waals surface area contributed by atoms with Gasteiger partial charge in [-0.15, -0.1) is 0 Å². The number of aliphatic hydroxyl groups is 2. The van der Waals surface area contributed by atoms with E-state index in [9.17, 15) is 23.4 Å². The smallest absolute Gasteiger partial charge is 0.335 e. The molecule has 1 fully saturated rings. The van der Waals surface area contributed by atoms with Gasteiger partial charge in [0.15, 0.2) is 5.79 Å². The molecule has 0 bridgehead atoms. The van der Waals surface area contributed by atoms with Crippen LogP contribution >= 0.6 is 15.9 Å². The van der Waals surface area contributed by atoms with Gasteiger partial charge in [0.05, 0.1) is 31.1 Å². The molecule has 30 heavy (non-hydrogen) atoms. The van der Waals surface area contributed by atoms with Crippen molar-refractivity contribution >= 4 is 37.6 Å². The Morgan fingerprint density at radius 2 is 1.90 bits per heavy atom. The Hall–Kier alpha value is -1.50. The van der Waals surface area contributed by atoms with Gasteiger partial charge in [-0.1, -0.05) is 12.1 Å². The first kappa shape index (κ1) is 23.2. The van der Waals surface area contributed by atoms with Gasteiger partial charge in [-0.2, -0.15) is 0 Å². The molecule has 11 heteroatoms. The SMILES string of the molecule is CCOC(=O)C1=CC2(CCC1S(=O)(=O)Nc1ccccc1Br)OC(CO)C(CO)O2. The van der Waals surface area contributed by atoms with Crippen molar-refractivity contribution in [2.75, 3.05) is 24.5 Å². The first-order chi connectivity index (χ1) is 14.2. The van der Waals surface area contributed by atoms with Crippen LogP contribution in [0.3, 0.4) is 0 Å². The fourth-order valence-corrected chi connectivity index (χ4v) is 5.64. The van der Waals surface area contributed by atoms with Crippen molar-refractivity contribution in [1.29, 1.82) is 0 Å². The van der Waals surface area contributed by atoms with E-state index in [1.165, 1.54) is 6.08 Å². The molecule has 2 aliphatic rings. The van der Waals surface area contributed by atoms with E-state index < -0.39 is 39.2 Å². The molecule has 166 valence electrons. The molecule has 3 unspecified atom stereocenters. The number of sulfonamides is 1. The molecule has 1 saturated heterocycles. The number of para-hydroxylation sites is 1. The number of hydrogen-bond acceptors (Lipinski definition) is 8. The van der Waals surface area contributed by atoms with Crippen LogP contribution in [0.4, 0.5) is 5.69 Å². The Labute approximate surface area is 183 Å². The molecule has 0 aromatic heterocycles. The summed E-state index contributed by atoms with van der Waals surface area (Å²) in [5.74, 6) is -2.21. The van der Waals surface area contributed by atoms with Crippen LogP contribution in [0.25, 0.3) is 0 Å². The third-order valence-electron chi connectivity index (χ3n) is 4.97. The van der Waals surface area contributed by atoms with E-state index in [0.717, 1.165) is 0 Å². The molecule has 9 nitrogen and oxygen atoms in total. The summed E-state index contributed by atoms with van der Waals surface area (Å²) in [5.41, 5.74) is 0.230. The highest BCUT2D eigenvalue weighted by Crippen LogP contribution is 2.41. The van der Waals surface area contributed by atoms with Crippen molar-refractivity contribution in [3.63, 3.8) is 0 Å². The van der Waals surface area contributed by atoms with Crippen LogP contribution in [0.2, 0.25) is 0 Å². The molecule has 1 heterocycles. The second-order valence-corrected chi connectivity index (χ2v) is 9.68. The lowest BCUT2D eigenvalue weighted by atomic mass is 9.94. The molecule has 1 aliphatic carbocycles. The molecule has 1 spiro atoms. The van der Waals surface area contributed by atoms with Gasteiger partial charge in [0.1, 0.15) is 17.5 Å². The molecular formula is C19H24BrNO8S. The average molecular weight is 506 g/mol. The van der Waals surface area contributed by atoms with Crippen LogP contribution in [0.15, 0.2) is 40.4 Å². The van der Waals surface area contributed by atoms with Gasteiger partial charge >= 0.3 is 5.97 Å². The maximum absolute atomic E-state index is 13.1. The Morgan fingerprint density at radius 3 is 2.47 bits per heavy atom. The second kappa shape index (κ2) is 9.33. The molecule has 0 radical (unpaired) electrons. The summed E-state index contributed by atoms with van der Waals surface area (Å²) in [6.07, 6.45) is -0.149. The number of esters is 1. The van der Waals surface area contributed by atoms with Crippen molar-refractivity contribution in [3.05, 3.63) is 40.4 Å². The summed E-state index contributed by atoms with van der Waals surface area (Å²) >= 11 is 3.30. The first-order valence-corrected chi connectivity index (χ1v) is 11.8. The number of carbonyl (C=O) groups excluding carboxylic acids is 1. The van der Waals surface area contributed by atoms with Crippen LogP contribution in [0.5, 0.6) is 0 Å². The summed E-state index contributed by atoms with van der Waals surface area (Å²) in [7, 11) is -4.01. The largest absolute Gasteiger partial charge is 0.463 e. The number of rotatable bonds is 7. The lowest BCUT2D eigenvalue weighted by molar-refractivity contribution is -0.154. The normalized spacial score (nSPS) is 28.9. The van der Waals surface area contributed by atoms with Crippen LogP contribution in [-0.2, 0) is 29.0 Å². The topological polar surface area (TPSA) is 131 Å². The van der Waals surface area contributed by atoms with Crippen molar-refractivity contribution in [1.82, 2.24) is 0 Å². The number of nitrogens with one attached hydrogen (secondary N) is 1.